The van der Waals surface area contributed by atoms with Crippen molar-refractivity contribution >= 4 is 33.7 Å². The summed E-state index contributed by atoms with van der Waals surface area (Å²) in [5, 5.41) is 17.8. The second-order valence-corrected chi connectivity index (χ2v) is 7.25. The zero-order valence-electron chi connectivity index (χ0n) is 17.1. The van der Waals surface area contributed by atoms with Crippen molar-refractivity contribution < 1.29 is 9.66 Å². The molecule has 0 aliphatic carbocycles. The van der Waals surface area contributed by atoms with Crippen LogP contribution in [0.15, 0.2) is 95.0 Å². The van der Waals surface area contributed by atoms with E-state index >= 15 is 0 Å². The first kappa shape index (κ1) is 19.4. The molecular formula is C25H18N4O3. The first-order chi connectivity index (χ1) is 15.6. The topological polar surface area (TPSA) is 89.1 Å². The van der Waals surface area contributed by atoms with Crippen LogP contribution < -0.4 is 10.2 Å². The van der Waals surface area contributed by atoms with Gasteiger partial charge < -0.3 is 4.74 Å². The average Bonchev–Trinajstić information content (AvgIpc) is 3.04. The number of hydrazone groups is 1. The minimum Gasteiger partial charge on any atom is -0.497 e. The Hall–Kier alpha value is -4.52. The Morgan fingerprint density at radius 3 is 2.31 bits per heavy atom. The van der Waals surface area contributed by atoms with Gasteiger partial charge in [-0.2, -0.15) is 5.10 Å². The van der Waals surface area contributed by atoms with Crippen molar-refractivity contribution in [1.82, 2.24) is 5.43 Å². The summed E-state index contributed by atoms with van der Waals surface area (Å²) in [6.45, 7) is 0. The highest BCUT2D eigenvalue weighted by Crippen LogP contribution is 2.34. The van der Waals surface area contributed by atoms with Crippen LogP contribution in [0.3, 0.4) is 0 Å². The van der Waals surface area contributed by atoms with Gasteiger partial charge in [-0.05, 0) is 47.9 Å². The molecule has 0 radical (unpaired) electrons. The van der Waals surface area contributed by atoms with Crippen molar-refractivity contribution in [2.75, 3.05) is 7.11 Å². The lowest BCUT2D eigenvalue weighted by Gasteiger charge is -2.10. The van der Waals surface area contributed by atoms with Crippen LogP contribution in [-0.4, -0.2) is 23.6 Å². The molecule has 0 amide bonds. The van der Waals surface area contributed by atoms with Crippen LogP contribution >= 0.6 is 0 Å². The highest BCUT2D eigenvalue weighted by atomic mass is 16.6. The van der Waals surface area contributed by atoms with E-state index in [4.69, 9.17) is 9.73 Å². The second kappa shape index (κ2) is 7.96. The fourth-order valence-electron chi connectivity index (χ4n) is 3.71. The SMILES string of the molecule is COc1ccc(C2=Nc3c(ccc4ccccc34)C(c3ccc([N+](=O)[O-])cc3)=NN2)cc1. The number of hydrogen-bond donors (Lipinski definition) is 1. The molecule has 5 rings (SSSR count). The van der Waals surface area contributed by atoms with Crippen molar-refractivity contribution in [2.45, 2.75) is 0 Å². The maximum absolute atomic E-state index is 11.1. The second-order valence-electron chi connectivity index (χ2n) is 7.25. The van der Waals surface area contributed by atoms with E-state index in [9.17, 15) is 10.1 Å². The molecule has 0 aromatic heterocycles. The van der Waals surface area contributed by atoms with E-state index in [1.54, 1.807) is 19.2 Å². The number of aliphatic imine (C=N–C) groups is 1. The maximum atomic E-state index is 11.1. The summed E-state index contributed by atoms with van der Waals surface area (Å²) in [5.74, 6) is 1.35. The van der Waals surface area contributed by atoms with Crippen molar-refractivity contribution in [1.29, 1.82) is 0 Å². The molecule has 0 unspecified atom stereocenters. The summed E-state index contributed by atoms with van der Waals surface area (Å²) in [5.41, 5.74) is 7.03. The summed E-state index contributed by atoms with van der Waals surface area (Å²) in [7, 11) is 1.62. The van der Waals surface area contributed by atoms with E-state index < -0.39 is 4.92 Å². The highest BCUT2D eigenvalue weighted by Gasteiger charge is 2.20. The van der Waals surface area contributed by atoms with Gasteiger partial charge in [0.25, 0.3) is 5.69 Å². The Labute approximate surface area is 183 Å². The molecule has 0 atom stereocenters. The summed E-state index contributed by atoms with van der Waals surface area (Å²) in [6, 6.07) is 26.0. The molecule has 1 heterocycles. The molecule has 4 aromatic carbocycles. The zero-order valence-corrected chi connectivity index (χ0v) is 17.1. The predicted molar refractivity (Wildman–Crippen MR) is 125 cm³/mol. The third-order valence-corrected chi connectivity index (χ3v) is 5.37. The first-order valence-corrected chi connectivity index (χ1v) is 9.98. The van der Waals surface area contributed by atoms with Crippen molar-refractivity contribution in [3.8, 4) is 5.75 Å². The first-order valence-electron chi connectivity index (χ1n) is 9.98. The molecule has 156 valence electrons. The van der Waals surface area contributed by atoms with E-state index in [1.807, 2.05) is 60.7 Å². The van der Waals surface area contributed by atoms with E-state index in [1.165, 1.54) is 12.1 Å². The predicted octanol–water partition coefficient (Wildman–Crippen LogP) is 5.19. The van der Waals surface area contributed by atoms with Gasteiger partial charge in [0.1, 0.15) is 11.5 Å². The third kappa shape index (κ3) is 3.45. The molecule has 0 saturated heterocycles. The van der Waals surface area contributed by atoms with Crippen molar-refractivity contribution in [3.05, 3.63) is 112 Å². The van der Waals surface area contributed by atoms with Gasteiger partial charge in [0, 0.05) is 34.2 Å². The highest BCUT2D eigenvalue weighted by molar-refractivity contribution is 6.21. The van der Waals surface area contributed by atoms with Crippen molar-refractivity contribution in [3.63, 3.8) is 0 Å². The zero-order chi connectivity index (χ0) is 22.1. The van der Waals surface area contributed by atoms with Gasteiger partial charge in [-0.1, -0.05) is 30.3 Å². The Balaban J connectivity index is 1.70. The van der Waals surface area contributed by atoms with Crippen LogP contribution in [0.25, 0.3) is 10.8 Å². The number of nitro groups is 1. The largest absolute Gasteiger partial charge is 0.497 e. The number of nitrogens with one attached hydrogen (secondary N) is 1. The number of hydrogen-bond acceptors (Lipinski definition) is 6. The van der Waals surface area contributed by atoms with E-state index in [0.717, 1.165) is 38.9 Å². The number of methoxy groups -OCH3 is 1. The number of nitrogens with zero attached hydrogens (tertiary/aromatic N) is 3. The molecule has 4 aromatic rings. The van der Waals surface area contributed by atoms with E-state index in [2.05, 4.69) is 10.5 Å². The van der Waals surface area contributed by atoms with Gasteiger partial charge in [0.15, 0.2) is 5.84 Å². The summed E-state index contributed by atoms with van der Waals surface area (Å²) < 4.78 is 5.26. The van der Waals surface area contributed by atoms with E-state index in [0.29, 0.717) is 11.5 Å². The fourth-order valence-corrected chi connectivity index (χ4v) is 3.71. The number of benzene rings is 4. The molecule has 32 heavy (non-hydrogen) atoms. The fraction of sp³-hybridized carbons (Fsp3) is 0.0400. The molecule has 0 fully saturated rings. The molecule has 1 aliphatic rings. The van der Waals surface area contributed by atoms with Gasteiger partial charge in [0.05, 0.1) is 17.7 Å². The monoisotopic (exact) mass is 422 g/mol. The Morgan fingerprint density at radius 1 is 0.875 bits per heavy atom. The Bertz CT molecular complexity index is 1390. The number of rotatable bonds is 4. The lowest BCUT2D eigenvalue weighted by atomic mass is 9.96. The molecule has 7 nitrogen and oxygen atoms in total. The average molecular weight is 422 g/mol. The Morgan fingerprint density at radius 2 is 1.59 bits per heavy atom. The molecule has 7 heteroatoms. The quantitative estimate of drug-likeness (QED) is 0.362. The van der Waals surface area contributed by atoms with Gasteiger partial charge in [-0.25, -0.2) is 4.99 Å². The third-order valence-electron chi connectivity index (χ3n) is 5.37. The van der Waals surface area contributed by atoms with Crippen LogP contribution in [0, 0.1) is 10.1 Å². The van der Waals surface area contributed by atoms with Gasteiger partial charge in [-0.15, -0.1) is 0 Å². The van der Waals surface area contributed by atoms with Gasteiger partial charge in [0.2, 0.25) is 0 Å². The number of ether oxygens (including phenoxy) is 1. The minimum atomic E-state index is -0.413. The van der Waals surface area contributed by atoms with Crippen LogP contribution in [0.5, 0.6) is 5.75 Å². The minimum absolute atomic E-state index is 0.0323. The van der Waals surface area contributed by atoms with Gasteiger partial charge >= 0.3 is 0 Å². The Kier molecular flexibility index (Phi) is 4.84. The smallest absolute Gasteiger partial charge is 0.269 e. The number of fused-ring (bicyclic) bond motifs is 3. The number of non-ortho nitro benzene ring substituents is 1. The van der Waals surface area contributed by atoms with Crippen LogP contribution in [0.1, 0.15) is 16.7 Å². The van der Waals surface area contributed by atoms with Crippen LogP contribution in [-0.2, 0) is 0 Å². The van der Waals surface area contributed by atoms with Crippen LogP contribution in [0.2, 0.25) is 0 Å². The standard InChI is InChI=1S/C25H18N4O3/c1-32-20-13-8-18(9-14-20)25-26-24-21-5-3-2-4-16(21)10-15-22(24)23(27-28-25)17-6-11-19(12-7-17)29(30)31/h2-15H,1H3,(H,26,28). The maximum Gasteiger partial charge on any atom is 0.269 e. The molecule has 1 N–H and O–H groups in total. The summed E-state index contributed by atoms with van der Waals surface area (Å²) in [4.78, 5) is 15.6. The van der Waals surface area contributed by atoms with E-state index in [-0.39, 0.29) is 5.69 Å². The number of nitro benzene ring substituents is 1. The summed E-state index contributed by atoms with van der Waals surface area (Å²) in [6.07, 6.45) is 0. The molecule has 0 spiro atoms. The van der Waals surface area contributed by atoms with Crippen molar-refractivity contribution in [2.24, 2.45) is 10.1 Å². The van der Waals surface area contributed by atoms with Crippen LogP contribution in [0.4, 0.5) is 11.4 Å². The lowest BCUT2D eigenvalue weighted by molar-refractivity contribution is -0.384. The molecular weight excluding hydrogens is 404 g/mol. The molecule has 1 aliphatic heterocycles. The van der Waals surface area contributed by atoms with Gasteiger partial charge in [-0.3, -0.25) is 15.5 Å². The molecule has 0 saturated carbocycles. The normalized spacial score (nSPS) is 12.8. The number of amidine groups is 1. The molecule has 0 bridgehead atoms. The lowest BCUT2D eigenvalue weighted by Crippen LogP contribution is -2.19. The summed E-state index contributed by atoms with van der Waals surface area (Å²) >= 11 is 0.